The van der Waals surface area contributed by atoms with Gasteiger partial charge in [0.15, 0.2) is 0 Å². The lowest BCUT2D eigenvalue weighted by Crippen LogP contribution is -1.99. The molecule has 0 aliphatic heterocycles. The number of hydrogen-bond acceptors (Lipinski definition) is 2. The van der Waals surface area contributed by atoms with Crippen LogP contribution < -0.4 is 4.74 Å². The normalized spacial score (nSPS) is 10.8. The zero-order valence-corrected chi connectivity index (χ0v) is 12.9. The molecule has 2 aromatic rings. The standard InChI is InChI=1S/C15H17BrOS/c1-2-18-11-5-10-17-14-9-8-12-6-3-4-7-13(12)15(14)16/h3-4,6-9H,2,5,10-11H2,1H3. The van der Waals surface area contributed by atoms with Crippen LogP contribution in [0.4, 0.5) is 0 Å². The first-order valence-corrected chi connectivity index (χ1v) is 8.15. The number of halogens is 1. The van der Waals surface area contributed by atoms with E-state index in [-0.39, 0.29) is 0 Å². The second kappa shape index (κ2) is 7.05. The Hall–Kier alpha value is -0.670. The van der Waals surface area contributed by atoms with Gasteiger partial charge in [-0.25, -0.2) is 0 Å². The molecule has 0 amide bonds. The Labute approximate surface area is 121 Å². The van der Waals surface area contributed by atoms with Crippen LogP contribution in [0.25, 0.3) is 10.8 Å². The van der Waals surface area contributed by atoms with Gasteiger partial charge in [0.05, 0.1) is 11.1 Å². The average molecular weight is 325 g/mol. The molecule has 0 radical (unpaired) electrons. The Balaban J connectivity index is 2.03. The molecular formula is C15H17BrOS. The number of hydrogen-bond donors (Lipinski definition) is 0. The molecule has 96 valence electrons. The van der Waals surface area contributed by atoms with Crippen LogP contribution in [0.15, 0.2) is 40.9 Å². The minimum Gasteiger partial charge on any atom is -0.492 e. The molecule has 0 aliphatic carbocycles. The molecule has 2 rings (SSSR count). The lowest BCUT2D eigenvalue weighted by molar-refractivity contribution is 0.317. The van der Waals surface area contributed by atoms with E-state index < -0.39 is 0 Å². The molecule has 18 heavy (non-hydrogen) atoms. The molecular weight excluding hydrogens is 308 g/mol. The lowest BCUT2D eigenvalue weighted by Gasteiger charge is -2.10. The molecule has 0 bridgehead atoms. The summed E-state index contributed by atoms with van der Waals surface area (Å²) in [4.78, 5) is 0. The summed E-state index contributed by atoms with van der Waals surface area (Å²) in [5.74, 6) is 3.29. The molecule has 2 aromatic carbocycles. The molecule has 0 saturated heterocycles. The smallest absolute Gasteiger partial charge is 0.134 e. The Morgan fingerprint density at radius 3 is 2.83 bits per heavy atom. The third-order valence-corrected chi connectivity index (χ3v) is 4.53. The summed E-state index contributed by atoms with van der Waals surface area (Å²) < 4.78 is 6.89. The van der Waals surface area contributed by atoms with E-state index in [9.17, 15) is 0 Å². The summed E-state index contributed by atoms with van der Waals surface area (Å²) in [6, 6.07) is 12.5. The van der Waals surface area contributed by atoms with Crippen molar-refractivity contribution >= 4 is 38.5 Å². The van der Waals surface area contributed by atoms with Crippen molar-refractivity contribution in [2.45, 2.75) is 13.3 Å². The van der Waals surface area contributed by atoms with Gasteiger partial charge in [-0.15, -0.1) is 0 Å². The summed E-state index contributed by atoms with van der Waals surface area (Å²) >= 11 is 5.59. The molecule has 0 heterocycles. The maximum Gasteiger partial charge on any atom is 0.134 e. The summed E-state index contributed by atoms with van der Waals surface area (Å²) in [5.41, 5.74) is 0. The Kier molecular flexibility index (Phi) is 5.39. The fourth-order valence-electron chi connectivity index (χ4n) is 1.81. The molecule has 0 saturated carbocycles. The van der Waals surface area contributed by atoms with Crippen LogP contribution in [0, 0.1) is 0 Å². The number of thioether (sulfide) groups is 1. The van der Waals surface area contributed by atoms with Crippen molar-refractivity contribution < 1.29 is 4.74 Å². The summed E-state index contributed by atoms with van der Waals surface area (Å²) in [7, 11) is 0. The van der Waals surface area contributed by atoms with Gasteiger partial charge >= 0.3 is 0 Å². The Morgan fingerprint density at radius 2 is 2.00 bits per heavy atom. The van der Waals surface area contributed by atoms with Gasteiger partial charge in [-0.1, -0.05) is 37.3 Å². The fourth-order valence-corrected chi connectivity index (χ4v) is 3.03. The first-order valence-electron chi connectivity index (χ1n) is 6.20. The van der Waals surface area contributed by atoms with E-state index in [1.165, 1.54) is 22.3 Å². The minimum absolute atomic E-state index is 0.782. The van der Waals surface area contributed by atoms with Gasteiger partial charge in [0.25, 0.3) is 0 Å². The second-order valence-electron chi connectivity index (χ2n) is 4.00. The Morgan fingerprint density at radius 1 is 1.17 bits per heavy atom. The maximum absolute atomic E-state index is 5.83. The van der Waals surface area contributed by atoms with Crippen LogP contribution in [-0.4, -0.2) is 18.1 Å². The van der Waals surface area contributed by atoms with Crippen molar-refractivity contribution in [3.63, 3.8) is 0 Å². The summed E-state index contributed by atoms with van der Waals surface area (Å²) in [6.45, 7) is 2.97. The topological polar surface area (TPSA) is 9.23 Å². The van der Waals surface area contributed by atoms with Gasteiger partial charge in [0.2, 0.25) is 0 Å². The highest BCUT2D eigenvalue weighted by atomic mass is 79.9. The van der Waals surface area contributed by atoms with Gasteiger partial charge in [-0.05, 0) is 50.7 Å². The minimum atomic E-state index is 0.782. The fraction of sp³-hybridized carbons (Fsp3) is 0.333. The monoisotopic (exact) mass is 324 g/mol. The average Bonchev–Trinajstić information content (AvgIpc) is 2.41. The number of ether oxygens (including phenoxy) is 1. The van der Waals surface area contributed by atoms with Gasteiger partial charge in [-0.3, -0.25) is 0 Å². The molecule has 1 nitrogen and oxygen atoms in total. The largest absolute Gasteiger partial charge is 0.492 e. The van der Waals surface area contributed by atoms with Gasteiger partial charge < -0.3 is 4.74 Å². The SMILES string of the molecule is CCSCCCOc1ccc2ccccc2c1Br. The molecule has 0 spiro atoms. The molecule has 3 heteroatoms. The van der Waals surface area contributed by atoms with Crippen LogP contribution in [0.3, 0.4) is 0 Å². The van der Waals surface area contributed by atoms with E-state index in [1.54, 1.807) is 0 Å². The van der Waals surface area contributed by atoms with E-state index in [2.05, 4.69) is 53.2 Å². The molecule has 0 aliphatic rings. The maximum atomic E-state index is 5.83. The highest BCUT2D eigenvalue weighted by Crippen LogP contribution is 2.33. The van der Waals surface area contributed by atoms with E-state index in [0.717, 1.165) is 23.2 Å². The van der Waals surface area contributed by atoms with Crippen molar-refractivity contribution in [3.8, 4) is 5.75 Å². The van der Waals surface area contributed by atoms with E-state index in [0.29, 0.717) is 0 Å². The predicted molar refractivity (Wildman–Crippen MR) is 84.8 cm³/mol. The molecule has 0 fully saturated rings. The third-order valence-electron chi connectivity index (χ3n) is 2.72. The summed E-state index contributed by atoms with van der Waals surface area (Å²) in [6.07, 6.45) is 1.10. The molecule has 0 unspecified atom stereocenters. The number of fused-ring (bicyclic) bond motifs is 1. The van der Waals surface area contributed by atoms with Crippen molar-refractivity contribution in [1.82, 2.24) is 0 Å². The quantitative estimate of drug-likeness (QED) is 0.681. The van der Waals surface area contributed by atoms with Crippen molar-refractivity contribution in [1.29, 1.82) is 0 Å². The van der Waals surface area contributed by atoms with Crippen molar-refractivity contribution in [2.24, 2.45) is 0 Å². The summed E-state index contributed by atoms with van der Waals surface area (Å²) in [5, 5.41) is 2.44. The van der Waals surface area contributed by atoms with Crippen molar-refractivity contribution in [2.75, 3.05) is 18.1 Å². The van der Waals surface area contributed by atoms with Gasteiger partial charge in [-0.2, -0.15) is 11.8 Å². The first-order chi connectivity index (χ1) is 8.83. The second-order valence-corrected chi connectivity index (χ2v) is 6.18. The van der Waals surface area contributed by atoms with Gasteiger partial charge in [0.1, 0.15) is 5.75 Å². The highest BCUT2D eigenvalue weighted by Gasteiger charge is 2.05. The van der Waals surface area contributed by atoms with E-state index in [4.69, 9.17) is 4.74 Å². The number of rotatable bonds is 6. The Bertz CT molecular complexity index is 513. The van der Waals surface area contributed by atoms with E-state index >= 15 is 0 Å². The molecule has 0 atom stereocenters. The third kappa shape index (κ3) is 3.42. The van der Waals surface area contributed by atoms with Crippen LogP contribution in [0.2, 0.25) is 0 Å². The van der Waals surface area contributed by atoms with Crippen LogP contribution in [0.5, 0.6) is 5.75 Å². The van der Waals surface area contributed by atoms with Crippen molar-refractivity contribution in [3.05, 3.63) is 40.9 Å². The highest BCUT2D eigenvalue weighted by molar-refractivity contribution is 9.10. The van der Waals surface area contributed by atoms with Crippen LogP contribution in [0.1, 0.15) is 13.3 Å². The van der Waals surface area contributed by atoms with Gasteiger partial charge in [0, 0.05) is 0 Å². The van der Waals surface area contributed by atoms with E-state index in [1.807, 2.05) is 17.8 Å². The van der Waals surface area contributed by atoms with Crippen LogP contribution in [-0.2, 0) is 0 Å². The lowest BCUT2D eigenvalue weighted by atomic mass is 10.1. The zero-order chi connectivity index (χ0) is 12.8. The molecule has 0 N–H and O–H groups in total. The number of benzene rings is 2. The first kappa shape index (κ1) is 13.8. The predicted octanol–water partition coefficient (Wildman–Crippen LogP) is 5.12. The van der Waals surface area contributed by atoms with Crippen LogP contribution >= 0.6 is 27.7 Å². The molecule has 0 aromatic heterocycles. The zero-order valence-electron chi connectivity index (χ0n) is 10.5.